The molecular weight excluding hydrogens is 455 g/mol. The molecular formula is C20H31IN4S. The monoisotopic (exact) mass is 486 g/mol. The molecule has 0 spiro atoms. The zero-order chi connectivity index (χ0) is 17.9. The van der Waals surface area contributed by atoms with Gasteiger partial charge < -0.3 is 10.6 Å². The molecule has 4 nitrogen and oxygen atoms in total. The van der Waals surface area contributed by atoms with E-state index in [4.69, 9.17) is 0 Å². The van der Waals surface area contributed by atoms with Gasteiger partial charge in [0, 0.05) is 31.6 Å². The summed E-state index contributed by atoms with van der Waals surface area (Å²) in [4.78, 5) is 8.11. The highest BCUT2D eigenvalue weighted by Crippen LogP contribution is 2.09. The predicted octanol–water partition coefficient (Wildman–Crippen LogP) is 4.12. The molecule has 2 aromatic rings. The summed E-state index contributed by atoms with van der Waals surface area (Å²) >= 11 is 1.80. The standard InChI is InChI=1S/C20H30N4S.HI/c1-4-24(5-2)16-18-10-8-17(9-11-18)15-23-20(21-3)22-13-12-19-7-6-14-25-19;/h6-11,14H,4-5,12-13,15-16H2,1-3H3,(H2,21,22,23);1H. The summed E-state index contributed by atoms with van der Waals surface area (Å²) in [7, 11) is 1.81. The third-order valence-corrected chi connectivity index (χ3v) is 5.19. The van der Waals surface area contributed by atoms with Gasteiger partial charge in [-0.2, -0.15) is 0 Å². The molecule has 0 saturated carbocycles. The SMILES string of the molecule is CCN(CC)Cc1ccc(CNC(=NC)NCCc2cccs2)cc1.I. The van der Waals surface area contributed by atoms with Crippen LogP contribution in [0.15, 0.2) is 46.8 Å². The van der Waals surface area contributed by atoms with Gasteiger partial charge in [0.25, 0.3) is 0 Å². The van der Waals surface area contributed by atoms with Gasteiger partial charge in [0.05, 0.1) is 0 Å². The van der Waals surface area contributed by atoms with E-state index in [2.05, 4.69) is 76.2 Å². The van der Waals surface area contributed by atoms with E-state index in [-0.39, 0.29) is 24.0 Å². The number of hydrogen-bond donors (Lipinski definition) is 2. The molecule has 0 saturated heterocycles. The van der Waals surface area contributed by atoms with Crippen LogP contribution < -0.4 is 10.6 Å². The van der Waals surface area contributed by atoms with Crippen LogP contribution >= 0.6 is 35.3 Å². The van der Waals surface area contributed by atoms with Crippen molar-refractivity contribution in [1.29, 1.82) is 0 Å². The Balaban J connectivity index is 0.00000338. The third-order valence-electron chi connectivity index (χ3n) is 4.25. The first kappa shape index (κ1) is 22.9. The fraction of sp³-hybridized carbons (Fsp3) is 0.450. The minimum Gasteiger partial charge on any atom is -0.356 e. The number of nitrogens with one attached hydrogen (secondary N) is 2. The highest BCUT2D eigenvalue weighted by atomic mass is 127. The Bertz CT molecular complexity index is 622. The van der Waals surface area contributed by atoms with Crippen LogP contribution in [0.1, 0.15) is 29.9 Å². The Morgan fingerprint density at radius 1 is 1.04 bits per heavy atom. The second-order valence-corrected chi connectivity index (χ2v) is 6.99. The van der Waals surface area contributed by atoms with Crippen LogP contribution in [0.4, 0.5) is 0 Å². The number of halogens is 1. The maximum absolute atomic E-state index is 4.29. The molecule has 0 atom stereocenters. The van der Waals surface area contributed by atoms with Gasteiger partial charge in [0.2, 0.25) is 0 Å². The first-order valence-corrected chi connectivity index (χ1v) is 9.90. The van der Waals surface area contributed by atoms with E-state index in [9.17, 15) is 0 Å². The Morgan fingerprint density at radius 3 is 2.31 bits per heavy atom. The van der Waals surface area contributed by atoms with Gasteiger partial charge in [0.1, 0.15) is 0 Å². The first-order valence-electron chi connectivity index (χ1n) is 9.02. The largest absolute Gasteiger partial charge is 0.356 e. The van der Waals surface area contributed by atoms with Crippen LogP contribution in [0.25, 0.3) is 0 Å². The first-order chi connectivity index (χ1) is 12.2. The molecule has 144 valence electrons. The van der Waals surface area contributed by atoms with E-state index in [1.807, 2.05) is 7.05 Å². The van der Waals surface area contributed by atoms with E-state index < -0.39 is 0 Å². The fourth-order valence-electron chi connectivity index (χ4n) is 2.63. The lowest BCUT2D eigenvalue weighted by Gasteiger charge is -2.18. The average Bonchev–Trinajstić information content (AvgIpc) is 3.17. The lowest BCUT2D eigenvalue weighted by molar-refractivity contribution is 0.296. The van der Waals surface area contributed by atoms with Gasteiger partial charge in [-0.15, -0.1) is 35.3 Å². The number of rotatable bonds is 9. The molecule has 0 aliphatic heterocycles. The fourth-order valence-corrected chi connectivity index (χ4v) is 3.34. The molecule has 1 heterocycles. The highest BCUT2D eigenvalue weighted by molar-refractivity contribution is 14.0. The average molecular weight is 486 g/mol. The van der Waals surface area contributed by atoms with Crippen molar-refractivity contribution in [2.75, 3.05) is 26.7 Å². The Hall–Kier alpha value is -1.12. The van der Waals surface area contributed by atoms with Crippen molar-refractivity contribution in [2.45, 2.75) is 33.4 Å². The maximum atomic E-state index is 4.29. The summed E-state index contributed by atoms with van der Waals surface area (Å²) in [6.45, 7) is 9.29. The maximum Gasteiger partial charge on any atom is 0.191 e. The molecule has 2 N–H and O–H groups in total. The zero-order valence-corrected chi connectivity index (χ0v) is 19.1. The molecule has 1 aromatic heterocycles. The van der Waals surface area contributed by atoms with Gasteiger partial charge >= 0.3 is 0 Å². The number of hydrogen-bond acceptors (Lipinski definition) is 3. The quantitative estimate of drug-likeness (QED) is 0.318. The molecule has 0 aliphatic carbocycles. The Labute approximate surface area is 179 Å². The Kier molecular flexibility index (Phi) is 11.6. The van der Waals surface area contributed by atoms with Gasteiger partial charge in [0.15, 0.2) is 5.96 Å². The van der Waals surface area contributed by atoms with Crippen LogP contribution in [-0.2, 0) is 19.5 Å². The van der Waals surface area contributed by atoms with Gasteiger partial charge in [-0.05, 0) is 42.1 Å². The molecule has 0 aliphatic rings. The number of benzene rings is 1. The van der Waals surface area contributed by atoms with E-state index in [1.165, 1.54) is 16.0 Å². The summed E-state index contributed by atoms with van der Waals surface area (Å²) < 4.78 is 0. The third kappa shape index (κ3) is 8.05. The zero-order valence-electron chi connectivity index (χ0n) is 16.0. The lowest BCUT2D eigenvalue weighted by Crippen LogP contribution is -2.37. The summed E-state index contributed by atoms with van der Waals surface area (Å²) in [6.07, 6.45) is 1.03. The van der Waals surface area contributed by atoms with Crippen molar-refractivity contribution in [3.63, 3.8) is 0 Å². The second-order valence-electron chi connectivity index (χ2n) is 5.96. The number of thiophene rings is 1. The van der Waals surface area contributed by atoms with Crippen LogP contribution in [0.2, 0.25) is 0 Å². The molecule has 26 heavy (non-hydrogen) atoms. The summed E-state index contributed by atoms with van der Waals surface area (Å²) in [5, 5.41) is 8.87. The molecule has 1 aromatic carbocycles. The molecule has 0 bridgehead atoms. The van der Waals surface area contributed by atoms with Crippen molar-refractivity contribution >= 4 is 41.3 Å². The highest BCUT2D eigenvalue weighted by Gasteiger charge is 2.02. The van der Waals surface area contributed by atoms with Crippen LogP contribution in [0.3, 0.4) is 0 Å². The number of nitrogens with zero attached hydrogens (tertiary/aromatic N) is 2. The summed E-state index contributed by atoms with van der Waals surface area (Å²) in [6, 6.07) is 13.1. The minimum atomic E-state index is 0. The van der Waals surface area contributed by atoms with Crippen LogP contribution in [0, 0.1) is 0 Å². The lowest BCUT2D eigenvalue weighted by atomic mass is 10.1. The topological polar surface area (TPSA) is 39.7 Å². The van der Waals surface area contributed by atoms with Gasteiger partial charge in [-0.25, -0.2) is 0 Å². The van der Waals surface area contributed by atoms with E-state index in [1.54, 1.807) is 11.3 Å². The predicted molar refractivity (Wildman–Crippen MR) is 125 cm³/mol. The molecule has 2 rings (SSSR count). The van der Waals surface area contributed by atoms with Gasteiger partial charge in [-0.3, -0.25) is 9.89 Å². The van der Waals surface area contributed by atoms with Crippen molar-refractivity contribution in [3.05, 3.63) is 57.8 Å². The molecule has 0 fully saturated rings. The van der Waals surface area contributed by atoms with Crippen molar-refractivity contribution < 1.29 is 0 Å². The minimum absolute atomic E-state index is 0. The second kappa shape index (κ2) is 13.1. The van der Waals surface area contributed by atoms with Crippen molar-refractivity contribution in [3.8, 4) is 0 Å². The normalized spacial score (nSPS) is 11.3. The number of guanidine groups is 1. The van der Waals surface area contributed by atoms with Crippen molar-refractivity contribution in [1.82, 2.24) is 15.5 Å². The van der Waals surface area contributed by atoms with E-state index >= 15 is 0 Å². The summed E-state index contributed by atoms with van der Waals surface area (Å²) in [5.74, 6) is 0.851. The summed E-state index contributed by atoms with van der Waals surface area (Å²) in [5.41, 5.74) is 2.63. The van der Waals surface area contributed by atoms with E-state index in [0.717, 1.165) is 45.1 Å². The smallest absolute Gasteiger partial charge is 0.191 e. The van der Waals surface area contributed by atoms with Crippen LogP contribution in [0.5, 0.6) is 0 Å². The van der Waals surface area contributed by atoms with Crippen LogP contribution in [-0.4, -0.2) is 37.5 Å². The van der Waals surface area contributed by atoms with E-state index in [0.29, 0.717) is 0 Å². The van der Waals surface area contributed by atoms with Crippen molar-refractivity contribution in [2.24, 2.45) is 4.99 Å². The molecule has 0 amide bonds. The van der Waals surface area contributed by atoms with Gasteiger partial charge in [-0.1, -0.05) is 44.2 Å². The molecule has 0 unspecified atom stereocenters. The molecule has 0 radical (unpaired) electrons. The molecule has 6 heteroatoms. The number of aliphatic imine (C=N–C) groups is 1. The Morgan fingerprint density at radius 2 is 1.73 bits per heavy atom.